The van der Waals surface area contributed by atoms with Crippen molar-refractivity contribution < 1.29 is 27.5 Å². The molecular formula is C25H25ClF3N7O3. The Hall–Kier alpha value is -4.02. The highest BCUT2D eigenvalue weighted by molar-refractivity contribution is 6.32. The third-order valence-corrected chi connectivity index (χ3v) is 6.58. The number of benzene rings is 1. The van der Waals surface area contributed by atoms with Crippen LogP contribution in [-0.4, -0.2) is 69.1 Å². The smallest absolute Gasteiger partial charge is 0.373 e. The summed E-state index contributed by atoms with van der Waals surface area (Å²) in [5.41, 5.74) is 7.67. The summed E-state index contributed by atoms with van der Waals surface area (Å²) in [6.45, 7) is 4.84. The van der Waals surface area contributed by atoms with Crippen molar-refractivity contribution in [3.8, 4) is 11.8 Å². The molecule has 10 nitrogen and oxygen atoms in total. The topological polar surface area (TPSA) is 131 Å². The van der Waals surface area contributed by atoms with Crippen molar-refractivity contribution in [2.45, 2.75) is 32.3 Å². The number of ether oxygens (including phenoxy) is 1. The normalized spacial score (nSPS) is 17.2. The number of imidazole rings is 1. The lowest BCUT2D eigenvalue weighted by Crippen LogP contribution is -2.38. The van der Waals surface area contributed by atoms with Gasteiger partial charge in [-0.25, -0.2) is 9.67 Å². The molecule has 1 fully saturated rings. The van der Waals surface area contributed by atoms with Crippen LogP contribution >= 0.6 is 11.6 Å². The number of aromatic nitrogens is 4. The van der Waals surface area contributed by atoms with E-state index in [9.17, 15) is 22.8 Å². The first-order chi connectivity index (χ1) is 18.4. The Morgan fingerprint density at radius 1 is 1.38 bits per heavy atom. The van der Waals surface area contributed by atoms with E-state index in [1.807, 2.05) is 6.92 Å². The fraction of sp³-hybridized carbons (Fsp3) is 0.360. The van der Waals surface area contributed by atoms with Gasteiger partial charge in [0.25, 0.3) is 5.91 Å². The molecule has 1 saturated heterocycles. The number of carbonyl (C=O) groups is 2. The van der Waals surface area contributed by atoms with Gasteiger partial charge in [-0.05, 0) is 43.4 Å². The molecule has 1 aliphatic rings. The number of hydrogen-bond donors (Lipinski definition) is 3. The van der Waals surface area contributed by atoms with Crippen molar-refractivity contribution in [1.82, 2.24) is 24.6 Å². The van der Waals surface area contributed by atoms with Gasteiger partial charge in [-0.3, -0.25) is 14.3 Å². The van der Waals surface area contributed by atoms with E-state index in [1.54, 1.807) is 19.2 Å². The van der Waals surface area contributed by atoms with Crippen molar-refractivity contribution in [2.24, 2.45) is 11.7 Å². The second kappa shape index (κ2) is 11.0. The van der Waals surface area contributed by atoms with Crippen LogP contribution in [0, 0.1) is 24.7 Å². The molecule has 14 heteroatoms. The fourth-order valence-corrected chi connectivity index (χ4v) is 4.89. The van der Waals surface area contributed by atoms with E-state index >= 15 is 0 Å². The molecule has 3 heterocycles. The Morgan fingerprint density at radius 2 is 2.13 bits per heavy atom. The molecule has 1 aliphatic heterocycles. The van der Waals surface area contributed by atoms with Crippen molar-refractivity contribution in [3.63, 3.8) is 0 Å². The molecule has 2 aromatic heterocycles. The fourth-order valence-electron chi connectivity index (χ4n) is 4.68. The van der Waals surface area contributed by atoms with Gasteiger partial charge in [-0.15, -0.1) is 13.2 Å². The van der Waals surface area contributed by atoms with E-state index in [4.69, 9.17) is 17.3 Å². The van der Waals surface area contributed by atoms with Crippen LogP contribution < -0.4 is 11.1 Å². The van der Waals surface area contributed by atoms with Gasteiger partial charge < -0.3 is 20.9 Å². The average Bonchev–Trinajstić information content (AvgIpc) is 3.54. The predicted molar refractivity (Wildman–Crippen MR) is 138 cm³/mol. The van der Waals surface area contributed by atoms with E-state index in [2.05, 4.69) is 43.5 Å². The van der Waals surface area contributed by atoms with Gasteiger partial charge in [-0.2, -0.15) is 5.10 Å². The van der Waals surface area contributed by atoms with E-state index in [1.165, 1.54) is 9.58 Å². The second-order valence-electron chi connectivity index (χ2n) is 9.00. The number of aryl methyl sites for hydroxylation is 1. The van der Waals surface area contributed by atoms with Crippen molar-refractivity contribution in [1.29, 1.82) is 0 Å². The Kier molecular flexibility index (Phi) is 7.89. The summed E-state index contributed by atoms with van der Waals surface area (Å²) in [4.78, 5) is 33.4. The number of anilines is 1. The predicted octanol–water partition coefficient (Wildman–Crippen LogP) is 3.20. The van der Waals surface area contributed by atoms with Crippen LogP contribution in [-0.2, 0) is 16.1 Å². The van der Waals surface area contributed by atoms with E-state index in [0.717, 1.165) is 11.6 Å². The summed E-state index contributed by atoms with van der Waals surface area (Å²) >= 11 is 6.38. The van der Waals surface area contributed by atoms with Crippen molar-refractivity contribution in [2.75, 3.05) is 25.5 Å². The molecule has 4 rings (SSSR count). The lowest BCUT2D eigenvalue weighted by molar-refractivity contribution is -0.327. The van der Waals surface area contributed by atoms with Gasteiger partial charge in [0.05, 0.1) is 28.7 Å². The number of halogens is 4. The highest BCUT2D eigenvalue weighted by Gasteiger charge is 2.39. The lowest BCUT2D eigenvalue weighted by atomic mass is 10.1. The zero-order valence-electron chi connectivity index (χ0n) is 21.0. The van der Waals surface area contributed by atoms with Crippen LogP contribution in [0.1, 0.15) is 33.9 Å². The minimum absolute atomic E-state index is 0.0480. The third kappa shape index (κ3) is 6.18. The molecule has 4 N–H and O–H groups in total. The maximum absolute atomic E-state index is 12.6. The monoisotopic (exact) mass is 563 g/mol. The molecule has 0 spiro atoms. The highest BCUT2D eigenvalue weighted by atomic mass is 35.5. The Balaban J connectivity index is 1.63. The van der Waals surface area contributed by atoms with Gasteiger partial charge >= 0.3 is 6.36 Å². The number of aromatic amines is 1. The van der Waals surface area contributed by atoms with Gasteiger partial charge in [0.2, 0.25) is 5.91 Å². The third-order valence-electron chi connectivity index (χ3n) is 6.27. The first-order valence-corrected chi connectivity index (χ1v) is 12.2. The van der Waals surface area contributed by atoms with Crippen LogP contribution in [0.4, 0.5) is 19.0 Å². The Bertz CT molecular complexity index is 1500. The summed E-state index contributed by atoms with van der Waals surface area (Å²) in [6.07, 6.45) is -3.57. The molecule has 0 aliphatic carbocycles. The molecule has 2 atom stereocenters. The molecule has 3 aromatic rings. The van der Waals surface area contributed by atoms with E-state index < -0.39 is 30.8 Å². The molecule has 1 aromatic carbocycles. The number of amides is 2. The minimum Gasteiger partial charge on any atom is -0.373 e. The SMILES string of the molecule is C=CC(=O)N1C[C@@H](Cn2nc(C#Cc3cc4nc(C)[nH]c4cc3Cl)c(C(N)=O)c2NC)C[C@@H]1COC(F)(F)F. The average molecular weight is 564 g/mol. The zero-order chi connectivity index (χ0) is 28.5. The highest BCUT2D eigenvalue weighted by Crippen LogP contribution is 2.30. The van der Waals surface area contributed by atoms with Gasteiger partial charge in [-0.1, -0.05) is 24.1 Å². The standard InChI is InChI=1S/C25H25ClF3N7O3/c1-4-21(37)35-10-14(7-16(35)12-39-25(27,28)29)11-36-24(31-3)22(23(30)38)18(34-36)6-5-15-8-19-20(9-17(15)26)33-13(2)32-19/h4,8-9,14,16,31H,1,7,10-12H2,2-3H3,(H2,30,38)(H,32,33)/t14-,16+/m0/s1. The number of nitrogens with one attached hydrogen (secondary N) is 2. The molecule has 0 radical (unpaired) electrons. The van der Waals surface area contributed by atoms with Crippen LogP contribution in [0.3, 0.4) is 0 Å². The van der Waals surface area contributed by atoms with Crippen LogP contribution in [0.15, 0.2) is 24.8 Å². The number of primary amides is 1. The van der Waals surface area contributed by atoms with Gasteiger partial charge in [0, 0.05) is 25.7 Å². The quantitative estimate of drug-likeness (QED) is 0.299. The number of hydrogen-bond acceptors (Lipinski definition) is 6. The molecule has 2 amide bonds. The summed E-state index contributed by atoms with van der Waals surface area (Å²) in [6, 6.07) is 2.59. The molecule has 206 valence electrons. The molecule has 0 saturated carbocycles. The largest absolute Gasteiger partial charge is 0.522 e. The molecular weight excluding hydrogens is 539 g/mol. The van der Waals surface area contributed by atoms with E-state index in [0.29, 0.717) is 21.9 Å². The van der Waals surface area contributed by atoms with Crippen molar-refractivity contribution >= 4 is 40.3 Å². The molecule has 0 unspecified atom stereocenters. The number of H-pyrrole nitrogens is 1. The van der Waals surface area contributed by atoms with Crippen LogP contribution in [0.25, 0.3) is 11.0 Å². The van der Waals surface area contributed by atoms with Crippen molar-refractivity contribution in [3.05, 3.63) is 52.5 Å². The minimum atomic E-state index is -4.82. The summed E-state index contributed by atoms with van der Waals surface area (Å²) in [7, 11) is 1.57. The maximum atomic E-state index is 12.6. The summed E-state index contributed by atoms with van der Waals surface area (Å²) in [5, 5.41) is 7.73. The number of nitrogens with two attached hydrogens (primary N) is 1. The second-order valence-corrected chi connectivity index (χ2v) is 9.40. The van der Waals surface area contributed by atoms with Gasteiger partial charge in [0.1, 0.15) is 17.2 Å². The zero-order valence-corrected chi connectivity index (χ0v) is 21.8. The Labute approximate surface area is 226 Å². The summed E-state index contributed by atoms with van der Waals surface area (Å²) in [5.74, 6) is 5.19. The number of nitrogens with zero attached hydrogens (tertiary/aromatic N) is 4. The van der Waals surface area contributed by atoms with Crippen LogP contribution in [0.5, 0.6) is 0 Å². The molecule has 0 bridgehead atoms. The van der Waals surface area contributed by atoms with Crippen LogP contribution in [0.2, 0.25) is 5.02 Å². The Morgan fingerprint density at radius 3 is 2.77 bits per heavy atom. The first-order valence-electron chi connectivity index (χ1n) is 11.8. The lowest BCUT2D eigenvalue weighted by Gasteiger charge is -2.23. The van der Waals surface area contributed by atoms with E-state index in [-0.39, 0.29) is 42.5 Å². The summed E-state index contributed by atoms with van der Waals surface area (Å²) < 4.78 is 43.4. The number of rotatable bonds is 7. The molecule has 39 heavy (non-hydrogen) atoms. The van der Waals surface area contributed by atoms with Gasteiger partial charge in [0.15, 0.2) is 5.69 Å². The first kappa shape index (κ1) is 28.0. The number of likely N-dealkylation sites (tertiary alicyclic amines) is 1. The number of alkyl halides is 3. The maximum Gasteiger partial charge on any atom is 0.522 e. The number of carbonyl (C=O) groups excluding carboxylic acids is 2. The number of fused-ring (bicyclic) bond motifs is 1.